The number of hydrogen-bond acceptors (Lipinski definition) is 4. The van der Waals surface area contributed by atoms with E-state index in [9.17, 15) is 9.59 Å². The number of H-pyrrole nitrogens is 1. The van der Waals surface area contributed by atoms with Crippen molar-refractivity contribution in [1.82, 2.24) is 4.98 Å². The van der Waals surface area contributed by atoms with Gasteiger partial charge in [0.25, 0.3) is 0 Å². The van der Waals surface area contributed by atoms with Gasteiger partial charge in [-0.25, -0.2) is 4.79 Å². The van der Waals surface area contributed by atoms with Crippen LogP contribution in [0.5, 0.6) is 0 Å². The number of aliphatic hydroxyl groups excluding tert-OH is 1. The van der Waals surface area contributed by atoms with Crippen molar-refractivity contribution in [3.8, 4) is 0 Å². The molecule has 0 radical (unpaired) electrons. The van der Waals surface area contributed by atoms with Gasteiger partial charge in [0, 0.05) is 16.5 Å². The molecule has 5 nitrogen and oxygen atoms in total. The number of esters is 1. The average Bonchev–Trinajstić information content (AvgIpc) is 2.78. The molecule has 0 fully saturated rings. The molecule has 1 aromatic heterocycles. The summed E-state index contributed by atoms with van der Waals surface area (Å²) in [6, 6.07) is 4.89. The van der Waals surface area contributed by atoms with Gasteiger partial charge >= 0.3 is 5.97 Å². The fourth-order valence-corrected chi connectivity index (χ4v) is 1.71. The quantitative estimate of drug-likeness (QED) is 0.617. The van der Waals surface area contributed by atoms with E-state index < -0.39 is 5.97 Å². The predicted molar refractivity (Wildman–Crippen MR) is 60.9 cm³/mol. The smallest absolute Gasteiger partial charge is 0.354 e. The number of carbonyl (C=O) groups is 2. The SMILES string of the molecule is COC(=O)c1cc2cc(CO)c(C=O)cc2[nH]1. The van der Waals surface area contributed by atoms with E-state index in [1.165, 1.54) is 7.11 Å². The Kier molecular flexibility index (Phi) is 2.93. The lowest BCUT2D eigenvalue weighted by atomic mass is 10.1. The molecule has 1 aromatic carbocycles. The minimum atomic E-state index is -0.473. The van der Waals surface area contributed by atoms with Crippen molar-refractivity contribution in [1.29, 1.82) is 0 Å². The van der Waals surface area contributed by atoms with Crippen LogP contribution in [0.2, 0.25) is 0 Å². The number of rotatable bonds is 3. The molecule has 0 saturated carbocycles. The molecule has 2 rings (SSSR count). The molecule has 0 atom stereocenters. The summed E-state index contributed by atoms with van der Waals surface area (Å²) in [6.45, 7) is -0.219. The lowest BCUT2D eigenvalue weighted by Gasteiger charge is -2.00. The van der Waals surface area contributed by atoms with Crippen molar-refractivity contribution in [3.63, 3.8) is 0 Å². The molecule has 5 heteroatoms. The number of aldehydes is 1. The Morgan fingerprint density at radius 3 is 2.82 bits per heavy atom. The van der Waals surface area contributed by atoms with Crippen molar-refractivity contribution >= 4 is 23.2 Å². The minimum absolute atomic E-state index is 0.219. The number of aromatic nitrogens is 1. The molecule has 2 N–H and O–H groups in total. The molecule has 17 heavy (non-hydrogen) atoms. The highest BCUT2D eigenvalue weighted by Gasteiger charge is 2.11. The topological polar surface area (TPSA) is 79.4 Å². The fourth-order valence-electron chi connectivity index (χ4n) is 1.71. The molecule has 0 amide bonds. The number of ether oxygens (including phenoxy) is 1. The first-order valence-electron chi connectivity index (χ1n) is 4.99. The van der Waals surface area contributed by atoms with Crippen LogP contribution in [0.25, 0.3) is 10.9 Å². The lowest BCUT2D eigenvalue weighted by molar-refractivity contribution is 0.0595. The molecule has 2 aromatic rings. The highest BCUT2D eigenvalue weighted by Crippen LogP contribution is 2.20. The Morgan fingerprint density at radius 1 is 1.47 bits per heavy atom. The molecule has 0 spiro atoms. The zero-order valence-corrected chi connectivity index (χ0v) is 9.19. The second kappa shape index (κ2) is 4.39. The van der Waals surface area contributed by atoms with Gasteiger partial charge in [-0.15, -0.1) is 0 Å². The van der Waals surface area contributed by atoms with Gasteiger partial charge in [-0.3, -0.25) is 4.79 Å². The average molecular weight is 233 g/mol. The van der Waals surface area contributed by atoms with Crippen LogP contribution in [0.3, 0.4) is 0 Å². The van der Waals surface area contributed by atoms with Crippen LogP contribution in [-0.4, -0.2) is 29.5 Å². The molecule has 0 unspecified atom stereocenters. The Hall–Kier alpha value is -2.14. The number of aliphatic hydroxyl groups is 1. The number of hydrogen-bond donors (Lipinski definition) is 2. The predicted octanol–water partition coefficient (Wildman–Crippen LogP) is 1.26. The van der Waals surface area contributed by atoms with Crippen molar-refractivity contribution in [2.75, 3.05) is 7.11 Å². The highest BCUT2D eigenvalue weighted by atomic mass is 16.5. The summed E-state index contributed by atoms with van der Waals surface area (Å²) in [6.07, 6.45) is 0.670. The number of fused-ring (bicyclic) bond motifs is 1. The summed E-state index contributed by atoms with van der Waals surface area (Å²) in [4.78, 5) is 25.0. The molecular weight excluding hydrogens is 222 g/mol. The molecule has 0 aliphatic rings. The summed E-state index contributed by atoms with van der Waals surface area (Å²) < 4.78 is 4.59. The maximum Gasteiger partial charge on any atom is 0.354 e. The van der Waals surface area contributed by atoms with E-state index >= 15 is 0 Å². The highest BCUT2D eigenvalue weighted by molar-refractivity contribution is 5.96. The van der Waals surface area contributed by atoms with Gasteiger partial charge in [-0.05, 0) is 23.8 Å². The van der Waals surface area contributed by atoms with E-state index in [-0.39, 0.29) is 6.61 Å². The number of aromatic amines is 1. The zero-order chi connectivity index (χ0) is 12.4. The normalized spacial score (nSPS) is 10.5. The van der Waals surface area contributed by atoms with Crippen LogP contribution < -0.4 is 0 Å². The number of nitrogens with one attached hydrogen (secondary N) is 1. The van der Waals surface area contributed by atoms with Gasteiger partial charge in [0.2, 0.25) is 0 Å². The molecule has 0 aliphatic carbocycles. The van der Waals surface area contributed by atoms with E-state index in [0.29, 0.717) is 28.6 Å². The van der Waals surface area contributed by atoms with Gasteiger partial charge in [-0.2, -0.15) is 0 Å². The Labute approximate surface area is 97.0 Å². The van der Waals surface area contributed by atoms with Crippen LogP contribution in [-0.2, 0) is 11.3 Å². The van der Waals surface area contributed by atoms with Gasteiger partial charge in [0.15, 0.2) is 0 Å². The minimum Gasteiger partial charge on any atom is -0.464 e. The maximum atomic E-state index is 11.3. The summed E-state index contributed by atoms with van der Waals surface area (Å²) in [5, 5.41) is 9.86. The van der Waals surface area contributed by atoms with Gasteiger partial charge in [-0.1, -0.05) is 0 Å². The van der Waals surface area contributed by atoms with Crippen LogP contribution in [0.15, 0.2) is 18.2 Å². The van der Waals surface area contributed by atoms with E-state index in [1.54, 1.807) is 18.2 Å². The summed E-state index contributed by atoms with van der Waals surface area (Å²) in [5.74, 6) is -0.473. The maximum absolute atomic E-state index is 11.3. The largest absolute Gasteiger partial charge is 0.464 e. The van der Waals surface area contributed by atoms with Gasteiger partial charge in [0.1, 0.15) is 12.0 Å². The molecule has 88 valence electrons. The van der Waals surface area contributed by atoms with Crippen LogP contribution in [0.4, 0.5) is 0 Å². The van der Waals surface area contributed by atoms with Crippen molar-refractivity contribution in [2.45, 2.75) is 6.61 Å². The first-order chi connectivity index (χ1) is 8.19. The first-order valence-corrected chi connectivity index (χ1v) is 4.99. The van der Waals surface area contributed by atoms with E-state index in [4.69, 9.17) is 5.11 Å². The Balaban J connectivity index is 2.61. The number of carbonyl (C=O) groups excluding carboxylic acids is 2. The number of methoxy groups -OCH3 is 1. The van der Waals surface area contributed by atoms with Crippen LogP contribution in [0, 0.1) is 0 Å². The zero-order valence-electron chi connectivity index (χ0n) is 9.19. The lowest BCUT2D eigenvalue weighted by Crippen LogP contribution is -2.00. The third kappa shape index (κ3) is 1.92. The molecule has 0 saturated heterocycles. The van der Waals surface area contributed by atoms with Crippen molar-refractivity contribution in [3.05, 3.63) is 35.0 Å². The van der Waals surface area contributed by atoms with Gasteiger partial charge < -0.3 is 14.8 Å². The van der Waals surface area contributed by atoms with Crippen molar-refractivity contribution < 1.29 is 19.4 Å². The van der Waals surface area contributed by atoms with Gasteiger partial charge in [0.05, 0.1) is 13.7 Å². The van der Waals surface area contributed by atoms with E-state index in [2.05, 4.69) is 9.72 Å². The second-order valence-corrected chi connectivity index (χ2v) is 3.59. The monoisotopic (exact) mass is 233 g/mol. The third-order valence-electron chi connectivity index (χ3n) is 2.58. The fraction of sp³-hybridized carbons (Fsp3) is 0.167. The summed E-state index contributed by atoms with van der Waals surface area (Å²) >= 11 is 0. The molecular formula is C12H11NO4. The van der Waals surface area contributed by atoms with Crippen LogP contribution in [0.1, 0.15) is 26.4 Å². The Bertz CT molecular complexity index is 585. The molecule has 0 bridgehead atoms. The van der Waals surface area contributed by atoms with Crippen molar-refractivity contribution in [2.24, 2.45) is 0 Å². The van der Waals surface area contributed by atoms with Crippen LogP contribution >= 0.6 is 0 Å². The summed E-state index contributed by atoms with van der Waals surface area (Å²) in [5.41, 5.74) is 1.90. The molecule has 1 heterocycles. The third-order valence-corrected chi connectivity index (χ3v) is 2.58. The molecule has 0 aliphatic heterocycles. The van der Waals surface area contributed by atoms with E-state index in [1.807, 2.05) is 0 Å². The Morgan fingerprint density at radius 2 is 2.24 bits per heavy atom. The standard InChI is InChI=1S/C12H11NO4/c1-17-12(16)11-3-7-2-8(5-14)9(6-15)4-10(7)13-11/h2-4,6,13-14H,5H2,1H3. The second-order valence-electron chi connectivity index (χ2n) is 3.59. The van der Waals surface area contributed by atoms with E-state index in [0.717, 1.165) is 5.39 Å². The number of benzene rings is 1. The first kappa shape index (κ1) is 11.3. The summed E-state index contributed by atoms with van der Waals surface area (Å²) in [7, 11) is 1.30.